The van der Waals surface area contributed by atoms with E-state index in [1.165, 1.54) is 12.2 Å². The zero-order chi connectivity index (χ0) is 30.6. The summed E-state index contributed by atoms with van der Waals surface area (Å²) in [6.07, 6.45) is 17.8. The van der Waals surface area contributed by atoms with Gasteiger partial charge in [0.05, 0.1) is 25.5 Å². The first-order chi connectivity index (χ1) is 20.2. The van der Waals surface area contributed by atoms with Crippen LogP contribution in [0.15, 0.2) is 110 Å². The molecule has 0 spiro atoms. The van der Waals surface area contributed by atoms with E-state index in [-0.39, 0.29) is 138 Å². The average molecular weight is 834 g/mol. The van der Waals surface area contributed by atoms with E-state index in [1.54, 1.807) is 34.2 Å². The summed E-state index contributed by atoms with van der Waals surface area (Å²) in [5, 5.41) is 42.0. The number of nitrogens with zero attached hydrogens (tertiary/aromatic N) is 4. The summed E-state index contributed by atoms with van der Waals surface area (Å²) in [7, 11) is 0. The maximum Gasteiger partial charge on any atom is 1.00 e. The smallest absolute Gasteiger partial charge is 0.652 e. The van der Waals surface area contributed by atoms with E-state index in [9.17, 15) is 9.59 Å². The van der Waals surface area contributed by atoms with E-state index < -0.39 is 18.1 Å². The van der Waals surface area contributed by atoms with Gasteiger partial charge in [-0.2, -0.15) is 10.2 Å². The molecule has 4 rings (SSSR count). The van der Waals surface area contributed by atoms with E-state index in [1.807, 2.05) is 85.0 Å². The summed E-state index contributed by atoms with van der Waals surface area (Å²) < 4.78 is 3.50. The third kappa shape index (κ3) is 21.0. The Morgan fingerprint density at radius 3 is 1.27 bits per heavy atom. The predicted molar refractivity (Wildman–Crippen MR) is 154 cm³/mol. The van der Waals surface area contributed by atoms with E-state index in [0.29, 0.717) is 13.1 Å². The van der Waals surface area contributed by atoms with E-state index >= 15 is 0 Å². The molecule has 0 saturated heterocycles. The maximum absolute atomic E-state index is 10.4. The molecule has 2 heterocycles. The average Bonchev–Trinajstić information content (AvgIpc) is 3.61. The minimum absolute atomic E-state index is 0. The Morgan fingerprint density at radius 1 is 0.614 bits per heavy atom. The zero-order valence-electron chi connectivity index (χ0n) is 24.3. The van der Waals surface area contributed by atoms with Crippen LogP contribution in [0, 0.1) is 0 Å². The summed E-state index contributed by atoms with van der Waals surface area (Å²) in [6.45, 7) is 1.30. The van der Waals surface area contributed by atoms with Gasteiger partial charge in [0, 0.05) is 35.7 Å². The summed E-state index contributed by atoms with van der Waals surface area (Å²) >= 11 is 0. The maximum atomic E-state index is 10.4. The van der Waals surface area contributed by atoms with Crippen molar-refractivity contribution in [2.75, 3.05) is 0 Å². The van der Waals surface area contributed by atoms with Gasteiger partial charge in [-0.15, -0.1) is 0 Å². The Bertz CT molecular complexity index is 1420. The molecule has 0 aliphatic heterocycles. The van der Waals surface area contributed by atoms with E-state index in [0.717, 1.165) is 34.4 Å². The number of benzene rings is 2. The first kappa shape index (κ1) is 42.1. The molecule has 0 atom stereocenters. The molecule has 0 saturated carbocycles. The molecule has 11 nitrogen and oxygen atoms in total. The summed E-state index contributed by atoms with van der Waals surface area (Å²) in [5.74, 6) is -1.92. The number of carboxylic acid groups (broad SMARTS) is 4. The molecule has 0 bridgehead atoms. The summed E-state index contributed by atoms with van der Waals surface area (Å²) in [5.41, 5.74) is 3.83. The number of carbonyl (C=O) groups is 3. The number of hydrogen-bond acceptors (Lipinski definition) is 7. The molecule has 4 aromatic rings. The van der Waals surface area contributed by atoms with Crippen molar-refractivity contribution in [1.82, 2.24) is 19.6 Å². The van der Waals surface area contributed by atoms with E-state index in [2.05, 4.69) is 10.2 Å². The van der Waals surface area contributed by atoms with Crippen molar-refractivity contribution >= 4 is 42.4 Å². The fraction of sp³-hybridized carbons (Fsp3) is 0.0645. The van der Waals surface area contributed by atoms with Gasteiger partial charge in [-0.1, -0.05) is 85.0 Å². The Kier molecular flexibility index (Phi) is 24.3. The van der Waals surface area contributed by atoms with Crippen LogP contribution in [0.1, 0.15) is 22.3 Å². The summed E-state index contributed by atoms with van der Waals surface area (Å²) in [4.78, 5) is 29.1. The third-order valence-corrected chi connectivity index (χ3v) is 4.95. The van der Waals surface area contributed by atoms with Crippen LogP contribution in [0.25, 0.3) is 24.3 Å². The van der Waals surface area contributed by atoms with Gasteiger partial charge in [-0.3, -0.25) is 9.36 Å². The molecule has 0 amide bonds. The van der Waals surface area contributed by atoms with Crippen LogP contribution in [0.4, 0.5) is 4.79 Å². The summed E-state index contributed by atoms with van der Waals surface area (Å²) in [6, 6.07) is 20.0. The topological polar surface area (TPSA) is 173 Å². The van der Waals surface area contributed by atoms with Gasteiger partial charge >= 0.3 is 150 Å². The number of carbonyl (C=O) groups excluding carboxylic acids is 1. The van der Waals surface area contributed by atoms with Crippen molar-refractivity contribution in [2.45, 2.75) is 13.1 Å². The van der Waals surface area contributed by atoms with Crippen molar-refractivity contribution < 1.29 is 173 Å². The van der Waals surface area contributed by atoms with Gasteiger partial charge in [0.2, 0.25) is 0 Å². The first-order valence-corrected chi connectivity index (χ1v) is 12.4. The van der Waals surface area contributed by atoms with Gasteiger partial charge in [0.15, 0.2) is 0 Å². The van der Waals surface area contributed by atoms with Crippen LogP contribution in [0.3, 0.4) is 0 Å². The minimum atomic E-state index is -2.33. The molecule has 13 heteroatoms. The fourth-order valence-corrected chi connectivity index (χ4v) is 3.19. The largest absolute Gasteiger partial charge is 1.00 e. The molecule has 0 radical (unpaired) electrons. The quantitative estimate of drug-likeness (QED) is 0.158. The Hall–Kier alpha value is -1.87. The van der Waals surface area contributed by atoms with Gasteiger partial charge in [-0.25, -0.2) is 9.59 Å². The van der Waals surface area contributed by atoms with Crippen LogP contribution in [-0.4, -0.2) is 47.9 Å². The number of allylic oxidation sites excluding steroid dienone is 2. The zero-order valence-corrected chi connectivity index (χ0v) is 36.9. The second-order valence-corrected chi connectivity index (χ2v) is 8.21. The molecule has 2 aromatic carbocycles. The van der Waals surface area contributed by atoms with Gasteiger partial charge in [0.1, 0.15) is 0 Å². The second kappa shape index (κ2) is 25.3. The molecule has 216 valence electrons. The standard InChI is InChI=1S/2C15H14N2O2.CH2O3.2Cs/c2*18-15(19)9-8-14-11-16-17(12-14)10-4-7-13-5-2-1-3-6-13;2-1(3)4;;/h2*1-9,11-12H,10H2,(H,18,19);(H2,2,3,4);;/q;;;2*+1/p-2. The first-order valence-electron chi connectivity index (χ1n) is 12.4. The minimum Gasteiger partial charge on any atom is -0.652 e. The predicted octanol–water partition coefficient (Wildman–Crippen LogP) is -3.05. The van der Waals surface area contributed by atoms with E-state index in [4.69, 9.17) is 25.2 Å². The van der Waals surface area contributed by atoms with Gasteiger partial charge in [-0.05, 0) is 29.4 Å². The van der Waals surface area contributed by atoms with Crippen LogP contribution in [-0.2, 0) is 22.7 Å². The van der Waals surface area contributed by atoms with Crippen LogP contribution in [0.2, 0.25) is 0 Å². The van der Waals surface area contributed by atoms with Crippen molar-refractivity contribution in [1.29, 1.82) is 0 Å². The van der Waals surface area contributed by atoms with Crippen molar-refractivity contribution in [3.05, 3.63) is 132 Å². The van der Waals surface area contributed by atoms with Crippen molar-refractivity contribution in [3.63, 3.8) is 0 Å². The molecule has 0 aliphatic rings. The van der Waals surface area contributed by atoms with Crippen molar-refractivity contribution in [3.8, 4) is 0 Å². The molecule has 2 aromatic heterocycles. The van der Waals surface area contributed by atoms with Crippen LogP contribution < -0.4 is 148 Å². The van der Waals surface area contributed by atoms with Crippen LogP contribution >= 0.6 is 0 Å². The molecular weight excluding hydrogens is 806 g/mol. The number of carboxylic acids is 2. The van der Waals surface area contributed by atoms with Crippen molar-refractivity contribution in [2.24, 2.45) is 0 Å². The SMILES string of the molecule is O=C(O)C=Cc1cnn(CC=Cc2ccccc2)c1.O=C(O)C=Cc1cnn(CC=Cc2ccccc2)c1.O=C([O-])[O-].[Cs+].[Cs+]. The fourth-order valence-electron chi connectivity index (χ4n) is 3.19. The van der Waals surface area contributed by atoms with Gasteiger partial charge in [0.25, 0.3) is 0 Å². The Balaban J connectivity index is 0.000000720. The number of hydrogen-bond donors (Lipinski definition) is 2. The molecule has 0 unspecified atom stereocenters. The monoisotopic (exact) mass is 834 g/mol. The third-order valence-electron chi connectivity index (χ3n) is 4.95. The number of aliphatic carboxylic acids is 2. The molecule has 2 N–H and O–H groups in total. The Morgan fingerprint density at radius 2 is 0.955 bits per heavy atom. The Labute approximate surface area is 372 Å². The van der Waals surface area contributed by atoms with Crippen LogP contribution in [0.5, 0.6) is 0 Å². The number of aromatic nitrogens is 4. The number of rotatable bonds is 10. The molecule has 0 aliphatic carbocycles. The molecular formula is C31H28Cs2N4O7. The van der Waals surface area contributed by atoms with Gasteiger partial charge < -0.3 is 25.2 Å². The normalized spacial score (nSPS) is 10.4. The molecule has 0 fully saturated rings. The second-order valence-electron chi connectivity index (χ2n) is 8.21. The molecule has 44 heavy (non-hydrogen) atoms.